The van der Waals surface area contributed by atoms with E-state index in [0.717, 1.165) is 38.5 Å². The van der Waals surface area contributed by atoms with E-state index >= 15 is 0 Å². The van der Waals surface area contributed by atoms with Crippen molar-refractivity contribution in [3.63, 3.8) is 0 Å². The quantitative estimate of drug-likeness (QED) is 0.753. The lowest BCUT2D eigenvalue weighted by atomic mass is 10.4. The third-order valence-electron chi connectivity index (χ3n) is 2.46. The van der Waals surface area contributed by atoms with Gasteiger partial charge in [0.2, 0.25) is 0 Å². The number of phosphoric ester groups is 1. The minimum absolute atomic E-state index is 0.583. The van der Waals surface area contributed by atoms with Crippen LogP contribution in [0.15, 0.2) is 23.7 Å². The molecule has 0 radical (unpaired) electrons. The van der Waals surface area contributed by atoms with Gasteiger partial charge >= 0.3 is 7.82 Å². The summed E-state index contributed by atoms with van der Waals surface area (Å²) in [4.78, 5) is 9.46. The topological polar surface area (TPSA) is 55.8 Å². The summed E-state index contributed by atoms with van der Waals surface area (Å²) in [5, 5.41) is 0. The molecule has 5 heteroatoms. The Morgan fingerprint density at radius 2 is 1.53 bits per heavy atom. The standard InChI is InChI=1S/C10H15O4P/c11-15(12,13-9-5-1-2-6-9)14-10-7-3-4-8-10/h5,7H,1-4,6,8H2,(H,11,12). The Labute approximate surface area is 89.2 Å². The second-order valence-electron chi connectivity index (χ2n) is 3.78. The summed E-state index contributed by atoms with van der Waals surface area (Å²) >= 11 is 0. The molecule has 0 fully saturated rings. The van der Waals surface area contributed by atoms with Gasteiger partial charge in [-0.25, -0.2) is 4.57 Å². The maximum Gasteiger partial charge on any atom is 0.584 e. The maximum absolute atomic E-state index is 11.6. The van der Waals surface area contributed by atoms with Crippen LogP contribution in [-0.4, -0.2) is 4.89 Å². The Morgan fingerprint density at radius 1 is 1.07 bits per heavy atom. The molecule has 15 heavy (non-hydrogen) atoms. The fourth-order valence-electron chi connectivity index (χ4n) is 1.76. The predicted molar refractivity (Wildman–Crippen MR) is 55.9 cm³/mol. The van der Waals surface area contributed by atoms with E-state index < -0.39 is 7.82 Å². The Balaban J connectivity index is 1.91. The summed E-state index contributed by atoms with van der Waals surface area (Å²) in [7, 11) is -3.93. The van der Waals surface area contributed by atoms with Crippen molar-refractivity contribution in [1.82, 2.24) is 0 Å². The van der Waals surface area contributed by atoms with E-state index in [1.54, 1.807) is 0 Å². The number of rotatable bonds is 4. The molecule has 0 aromatic rings. The van der Waals surface area contributed by atoms with Gasteiger partial charge < -0.3 is 9.05 Å². The molecule has 0 aromatic heterocycles. The van der Waals surface area contributed by atoms with Crippen LogP contribution in [0.2, 0.25) is 0 Å². The van der Waals surface area contributed by atoms with E-state index in [2.05, 4.69) is 0 Å². The molecule has 4 nitrogen and oxygen atoms in total. The first-order valence-corrected chi connectivity index (χ1v) is 6.75. The number of phosphoric acid groups is 1. The largest absolute Gasteiger partial charge is 0.584 e. The van der Waals surface area contributed by atoms with Gasteiger partial charge in [0, 0.05) is 12.8 Å². The minimum atomic E-state index is -3.93. The third-order valence-corrected chi connectivity index (χ3v) is 3.39. The van der Waals surface area contributed by atoms with Gasteiger partial charge in [0.1, 0.15) is 11.5 Å². The van der Waals surface area contributed by atoms with Gasteiger partial charge in [0.25, 0.3) is 0 Å². The molecule has 2 rings (SSSR count). The first kappa shape index (κ1) is 10.8. The molecule has 0 spiro atoms. The van der Waals surface area contributed by atoms with E-state index in [9.17, 15) is 9.46 Å². The van der Waals surface area contributed by atoms with Crippen LogP contribution in [0.25, 0.3) is 0 Å². The normalized spacial score (nSPS) is 21.1. The number of allylic oxidation sites excluding steroid dienone is 4. The molecule has 0 saturated heterocycles. The van der Waals surface area contributed by atoms with Gasteiger partial charge in [0.15, 0.2) is 0 Å². The third kappa shape index (κ3) is 3.11. The molecular formula is C10H15O4P. The van der Waals surface area contributed by atoms with Crippen LogP contribution < -0.4 is 0 Å². The van der Waals surface area contributed by atoms with Crippen molar-refractivity contribution in [2.24, 2.45) is 0 Å². The lowest BCUT2D eigenvalue weighted by molar-refractivity contribution is 0.210. The summed E-state index contributed by atoms with van der Waals surface area (Å²) in [5.74, 6) is 1.17. The SMILES string of the molecule is O=P(O)(OC1=CCCC1)OC1=CCCC1. The first-order chi connectivity index (χ1) is 7.16. The lowest BCUT2D eigenvalue weighted by Gasteiger charge is -2.14. The number of hydrogen-bond acceptors (Lipinski definition) is 3. The van der Waals surface area contributed by atoms with Crippen LogP contribution in [-0.2, 0) is 13.6 Å². The van der Waals surface area contributed by atoms with Crippen molar-refractivity contribution in [3.05, 3.63) is 23.7 Å². The highest BCUT2D eigenvalue weighted by molar-refractivity contribution is 7.47. The summed E-state index contributed by atoms with van der Waals surface area (Å²) in [6.45, 7) is 0. The summed E-state index contributed by atoms with van der Waals surface area (Å²) in [6.07, 6.45) is 8.94. The summed E-state index contributed by atoms with van der Waals surface area (Å²) < 4.78 is 21.5. The average molecular weight is 230 g/mol. The van der Waals surface area contributed by atoms with Crippen molar-refractivity contribution in [1.29, 1.82) is 0 Å². The highest BCUT2D eigenvalue weighted by Gasteiger charge is 2.28. The molecule has 0 bridgehead atoms. The monoisotopic (exact) mass is 230 g/mol. The van der Waals surface area contributed by atoms with Crippen LogP contribution in [0.1, 0.15) is 38.5 Å². The molecule has 0 saturated carbocycles. The molecule has 0 atom stereocenters. The Kier molecular flexibility index (Phi) is 3.17. The van der Waals surface area contributed by atoms with E-state index in [1.807, 2.05) is 12.2 Å². The smallest absolute Gasteiger partial charge is 0.400 e. The predicted octanol–water partition coefficient (Wildman–Crippen LogP) is 3.26. The van der Waals surface area contributed by atoms with E-state index in [-0.39, 0.29) is 0 Å². The highest BCUT2D eigenvalue weighted by Crippen LogP contribution is 2.50. The molecule has 0 amide bonds. The summed E-state index contributed by atoms with van der Waals surface area (Å²) in [5.41, 5.74) is 0. The van der Waals surface area contributed by atoms with Crippen molar-refractivity contribution in [3.8, 4) is 0 Å². The molecule has 0 heterocycles. The molecular weight excluding hydrogens is 215 g/mol. The highest BCUT2D eigenvalue weighted by atomic mass is 31.2. The molecule has 1 N–H and O–H groups in total. The zero-order chi connectivity index (χ0) is 10.7. The first-order valence-electron chi connectivity index (χ1n) is 5.26. The van der Waals surface area contributed by atoms with Gasteiger partial charge in [-0.1, -0.05) is 0 Å². The molecule has 0 aliphatic heterocycles. The summed E-state index contributed by atoms with van der Waals surface area (Å²) in [6, 6.07) is 0. The Hall–Kier alpha value is -0.730. The second kappa shape index (κ2) is 4.42. The molecule has 2 aliphatic rings. The fourth-order valence-corrected chi connectivity index (χ4v) is 2.73. The average Bonchev–Trinajstić information content (AvgIpc) is 2.75. The van der Waals surface area contributed by atoms with E-state index in [0.29, 0.717) is 11.5 Å². The van der Waals surface area contributed by atoms with E-state index in [1.165, 1.54) is 0 Å². The molecule has 84 valence electrons. The fraction of sp³-hybridized carbons (Fsp3) is 0.600. The molecule has 2 aliphatic carbocycles. The van der Waals surface area contributed by atoms with Gasteiger partial charge in [-0.3, -0.25) is 4.89 Å². The van der Waals surface area contributed by atoms with Crippen molar-refractivity contribution in [2.45, 2.75) is 38.5 Å². The van der Waals surface area contributed by atoms with Crippen molar-refractivity contribution in [2.75, 3.05) is 0 Å². The van der Waals surface area contributed by atoms with Gasteiger partial charge in [-0.15, -0.1) is 0 Å². The second-order valence-corrected chi connectivity index (χ2v) is 5.08. The zero-order valence-corrected chi connectivity index (χ0v) is 9.41. The van der Waals surface area contributed by atoms with Crippen LogP contribution in [0.5, 0.6) is 0 Å². The van der Waals surface area contributed by atoms with E-state index in [4.69, 9.17) is 9.05 Å². The lowest BCUT2D eigenvalue weighted by Crippen LogP contribution is -1.93. The van der Waals surface area contributed by atoms with Crippen LogP contribution >= 0.6 is 7.82 Å². The number of hydrogen-bond donors (Lipinski definition) is 1. The van der Waals surface area contributed by atoms with Crippen LogP contribution in [0, 0.1) is 0 Å². The minimum Gasteiger partial charge on any atom is -0.400 e. The maximum atomic E-state index is 11.6. The zero-order valence-electron chi connectivity index (χ0n) is 8.52. The molecule has 0 aromatic carbocycles. The Morgan fingerprint density at radius 3 is 1.87 bits per heavy atom. The van der Waals surface area contributed by atoms with Gasteiger partial charge in [-0.05, 0) is 37.8 Å². The van der Waals surface area contributed by atoms with Crippen LogP contribution in [0.4, 0.5) is 0 Å². The van der Waals surface area contributed by atoms with Crippen molar-refractivity contribution >= 4 is 7.82 Å². The van der Waals surface area contributed by atoms with Gasteiger partial charge in [-0.2, -0.15) is 0 Å². The van der Waals surface area contributed by atoms with Crippen LogP contribution in [0.3, 0.4) is 0 Å². The Bertz CT molecular complexity index is 315. The molecule has 0 unspecified atom stereocenters. The van der Waals surface area contributed by atoms with Crippen molar-refractivity contribution < 1.29 is 18.5 Å². The van der Waals surface area contributed by atoms with Gasteiger partial charge in [0.05, 0.1) is 0 Å².